The smallest absolute Gasteiger partial charge is 0.252 e. The van der Waals surface area contributed by atoms with E-state index in [2.05, 4.69) is 16.0 Å². The molecule has 0 aliphatic carbocycles. The molecule has 8 heteroatoms. The van der Waals surface area contributed by atoms with E-state index in [9.17, 15) is 14.4 Å². The molecular weight excluding hydrogens is 502 g/mol. The Kier molecular flexibility index (Phi) is 8.61. The Morgan fingerprint density at radius 2 is 1.50 bits per heavy atom. The van der Waals surface area contributed by atoms with E-state index >= 15 is 0 Å². The number of para-hydroxylation sites is 2. The van der Waals surface area contributed by atoms with Crippen LogP contribution in [-0.2, 0) is 16.0 Å². The summed E-state index contributed by atoms with van der Waals surface area (Å²) in [5, 5.41) is 10.6. The Balaban J connectivity index is 1.52. The normalized spacial score (nSPS) is 12.3. The number of fused-ring (bicyclic) bond motifs is 1. The number of hydrogen-bond acceptors (Lipinski definition) is 4. The van der Waals surface area contributed by atoms with E-state index in [-0.39, 0.29) is 12.3 Å². The third-order valence-electron chi connectivity index (χ3n) is 6.13. The highest BCUT2D eigenvalue weighted by molar-refractivity contribution is 6.30. The van der Waals surface area contributed by atoms with Gasteiger partial charge in [-0.3, -0.25) is 14.4 Å². The molecule has 3 N–H and O–H groups in total. The minimum Gasteiger partial charge on any atom is -0.495 e. The molecule has 0 radical (unpaired) electrons. The SMILES string of the molecule is COc1ccccc1NC(=O)[C@H](C)NC(=O)[C@H](Cc1ccc(Cl)cc1)NC(=O)c1cccc2ccccc12. The quantitative estimate of drug-likeness (QED) is 0.285. The zero-order valence-electron chi connectivity index (χ0n) is 21.0. The monoisotopic (exact) mass is 529 g/mol. The van der Waals surface area contributed by atoms with Crippen LogP contribution in [0.1, 0.15) is 22.8 Å². The maximum Gasteiger partial charge on any atom is 0.252 e. The lowest BCUT2D eigenvalue weighted by atomic mass is 10.0. The second-order valence-corrected chi connectivity index (χ2v) is 9.24. The average Bonchev–Trinajstić information content (AvgIpc) is 2.93. The summed E-state index contributed by atoms with van der Waals surface area (Å²) in [4.78, 5) is 39.6. The van der Waals surface area contributed by atoms with E-state index in [4.69, 9.17) is 16.3 Å². The number of ether oxygens (including phenoxy) is 1. The first-order valence-electron chi connectivity index (χ1n) is 12.1. The Labute approximate surface area is 226 Å². The molecule has 0 aromatic heterocycles. The van der Waals surface area contributed by atoms with Crippen molar-refractivity contribution < 1.29 is 19.1 Å². The highest BCUT2D eigenvalue weighted by Crippen LogP contribution is 2.23. The summed E-state index contributed by atoms with van der Waals surface area (Å²) in [5.41, 5.74) is 1.75. The molecule has 7 nitrogen and oxygen atoms in total. The van der Waals surface area contributed by atoms with Crippen molar-refractivity contribution in [1.29, 1.82) is 0 Å². The van der Waals surface area contributed by atoms with Crippen LogP contribution in [0.25, 0.3) is 10.8 Å². The first kappa shape index (κ1) is 26.7. The van der Waals surface area contributed by atoms with Gasteiger partial charge in [0.1, 0.15) is 17.8 Å². The minimum atomic E-state index is -0.941. The maximum absolute atomic E-state index is 13.4. The summed E-state index contributed by atoms with van der Waals surface area (Å²) in [7, 11) is 1.51. The van der Waals surface area contributed by atoms with Crippen molar-refractivity contribution >= 4 is 45.8 Å². The van der Waals surface area contributed by atoms with Gasteiger partial charge in [0.2, 0.25) is 11.8 Å². The summed E-state index contributed by atoms with van der Waals surface area (Å²) in [6.45, 7) is 1.58. The van der Waals surface area contributed by atoms with Gasteiger partial charge in [0, 0.05) is 17.0 Å². The number of amides is 3. The van der Waals surface area contributed by atoms with E-state index < -0.39 is 23.9 Å². The fourth-order valence-electron chi connectivity index (χ4n) is 4.09. The van der Waals surface area contributed by atoms with Crippen LogP contribution in [0.5, 0.6) is 5.75 Å². The number of rotatable bonds is 9. The number of nitrogens with one attached hydrogen (secondary N) is 3. The third-order valence-corrected chi connectivity index (χ3v) is 6.38. The van der Waals surface area contributed by atoms with E-state index in [1.807, 2.05) is 30.3 Å². The fraction of sp³-hybridized carbons (Fsp3) is 0.167. The molecule has 0 saturated carbocycles. The molecule has 0 aliphatic heterocycles. The summed E-state index contributed by atoms with van der Waals surface area (Å²) >= 11 is 6.02. The Morgan fingerprint density at radius 3 is 2.26 bits per heavy atom. The van der Waals surface area contributed by atoms with Crippen molar-refractivity contribution in [3.05, 3.63) is 107 Å². The lowest BCUT2D eigenvalue weighted by molar-refractivity contribution is -0.127. The third kappa shape index (κ3) is 6.49. The number of carbonyl (C=O) groups excluding carboxylic acids is 3. The minimum absolute atomic E-state index is 0.209. The molecule has 4 aromatic carbocycles. The van der Waals surface area contributed by atoms with Gasteiger partial charge in [-0.05, 0) is 53.6 Å². The maximum atomic E-state index is 13.4. The van der Waals surface area contributed by atoms with Gasteiger partial charge < -0.3 is 20.7 Å². The van der Waals surface area contributed by atoms with E-state index in [0.29, 0.717) is 22.0 Å². The Morgan fingerprint density at radius 1 is 0.816 bits per heavy atom. The van der Waals surface area contributed by atoms with Gasteiger partial charge in [-0.2, -0.15) is 0 Å². The van der Waals surface area contributed by atoms with Crippen LogP contribution < -0.4 is 20.7 Å². The summed E-state index contributed by atoms with van der Waals surface area (Å²) in [6.07, 6.45) is 0.209. The molecule has 0 unspecified atom stereocenters. The number of hydrogen-bond donors (Lipinski definition) is 3. The number of methoxy groups -OCH3 is 1. The lowest BCUT2D eigenvalue weighted by Gasteiger charge is -2.22. The molecular formula is C30H28ClN3O4. The van der Waals surface area contributed by atoms with Crippen molar-refractivity contribution in [2.75, 3.05) is 12.4 Å². The molecule has 4 aromatic rings. The first-order chi connectivity index (χ1) is 18.4. The van der Waals surface area contributed by atoms with Crippen LogP contribution in [0.3, 0.4) is 0 Å². The highest BCUT2D eigenvalue weighted by atomic mass is 35.5. The molecule has 3 amide bonds. The molecule has 0 saturated heterocycles. The van der Waals surface area contributed by atoms with Crippen molar-refractivity contribution in [3.63, 3.8) is 0 Å². The molecule has 2 atom stereocenters. The van der Waals surface area contributed by atoms with Gasteiger partial charge in [0.05, 0.1) is 12.8 Å². The molecule has 194 valence electrons. The van der Waals surface area contributed by atoms with Gasteiger partial charge in [0.15, 0.2) is 0 Å². The molecule has 0 fully saturated rings. The largest absolute Gasteiger partial charge is 0.495 e. The number of halogens is 1. The summed E-state index contributed by atoms with van der Waals surface area (Å²) in [6, 6.07) is 25.2. The molecule has 0 bridgehead atoms. The van der Waals surface area contributed by atoms with Crippen molar-refractivity contribution in [2.24, 2.45) is 0 Å². The van der Waals surface area contributed by atoms with Gasteiger partial charge >= 0.3 is 0 Å². The van der Waals surface area contributed by atoms with E-state index in [0.717, 1.165) is 16.3 Å². The second kappa shape index (κ2) is 12.3. The second-order valence-electron chi connectivity index (χ2n) is 8.80. The molecule has 38 heavy (non-hydrogen) atoms. The van der Waals surface area contributed by atoms with E-state index in [1.54, 1.807) is 67.6 Å². The van der Waals surface area contributed by atoms with Gasteiger partial charge in [-0.25, -0.2) is 0 Å². The average molecular weight is 530 g/mol. The van der Waals surface area contributed by atoms with Crippen molar-refractivity contribution in [1.82, 2.24) is 10.6 Å². The Bertz CT molecular complexity index is 1450. The fourth-order valence-corrected chi connectivity index (χ4v) is 4.22. The first-order valence-corrected chi connectivity index (χ1v) is 12.5. The van der Waals surface area contributed by atoms with E-state index in [1.165, 1.54) is 7.11 Å². The van der Waals surface area contributed by atoms with Crippen molar-refractivity contribution in [3.8, 4) is 5.75 Å². The van der Waals surface area contributed by atoms with Crippen LogP contribution >= 0.6 is 11.6 Å². The van der Waals surface area contributed by atoms with Crippen LogP contribution in [0.4, 0.5) is 5.69 Å². The molecule has 0 heterocycles. The zero-order chi connectivity index (χ0) is 27.1. The number of benzene rings is 4. The highest BCUT2D eigenvalue weighted by Gasteiger charge is 2.26. The van der Waals surface area contributed by atoms with Gasteiger partial charge in [-0.1, -0.05) is 72.3 Å². The zero-order valence-corrected chi connectivity index (χ0v) is 21.8. The van der Waals surface area contributed by atoms with Crippen LogP contribution in [0.2, 0.25) is 5.02 Å². The lowest BCUT2D eigenvalue weighted by Crippen LogP contribution is -2.52. The Hall–Kier alpha value is -4.36. The summed E-state index contributed by atoms with van der Waals surface area (Å²) < 4.78 is 5.28. The van der Waals surface area contributed by atoms with Crippen LogP contribution in [0.15, 0.2) is 91.0 Å². The topological polar surface area (TPSA) is 96.5 Å². The molecule has 0 aliphatic rings. The predicted octanol–water partition coefficient (Wildman–Crippen LogP) is 4.99. The van der Waals surface area contributed by atoms with Crippen molar-refractivity contribution in [2.45, 2.75) is 25.4 Å². The molecule has 0 spiro atoms. The molecule has 4 rings (SSSR count). The number of carbonyl (C=O) groups is 3. The predicted molar refractivity (Wildman–Crippen MR) is 150 cm³/mol. The van der Waals surface area contributed by atoms with Crippen LogP contribution in [-0.4, -0.2) is 36.9 Å². The van der Waals surface area contributed by atoms with Gasteiger partial charge in [0.25, 0.3) is 5.91 Å². The van der Waals surface area contributed by atoms with Gasteiger partial charge in [-0.15, -0.1) is 0 Å². The standard InChI is InChI=1S/C30H28ClN3O4/c1-19(28(35)33-25-12-5-6-13-27(25)38-2)32-30(37)26(18-20-14-16-22(31)17-15-20)34-29(36)24-11-7-9-21-8-3-4-10-23(21)24/h3-17,19,26H,18H2,1-2H3,(H,32,37)(H,33,35)(H,34,36)/t19-,26-/m0/s1. The number of anilines is 1. The van der Waals surface area contributed by atoms with Crippen LogP contribution in [0, 0.1) is 0 Å². The summed E-state index contributed by atoms with van der Waals surface area (Å²) in [5.74, 6) is -0.797.